The molecule has 2 rings (SSSR count). The number of Topliss-reactive ketones (excluding diaryl/α,β-unsaturated/α-hetero) is 1. The van der Waals surface area contributed by atoms with E-state index in [1.165, 1.54) is 24.3 Å². The summed E-state index contributed by atoms with van der Waals surface area (Å²) in [5.74, 6) is -3.31. The van der Waals surface area contributed by atoms with Crippen LogP contribution < -0.4 is 0 Å². The number of ketones is 1. The first-order chi connectivity index (χ1) is 9.50. The molecule has 0 aromatic heterocycles. The summed E-state index contributed by atoms with van der Waals surface area (Å²) in [6.07, 6.45) is 0. The van der Waals surface area contributed by atoms with Gasteiger partial charge in [-0.05, 0) is 40.2 Å². The molecule has 20 heavy (non-hydrogen) atoms. The van der Waals surface area contributed by atoms with Crippen LogP contribution in [0, 0.1) is 17.5 Å². The second-order valence-corrected chi connectivity index (χ2v) is 5.73. The lowest BCUT2D eigenvalue weighted by Crippen LogP contribution is -2.09. The van der Waals surface area contributed by atoms with E-state index in [2.05, 4.69) is 15.9 Å². The topological polar surface area (TPSA) is 17.1 Å². The Hall–Kier alpha value is -1.27. The van der Waals surface area contributed by atoms with E-state index >= 15 is 0 Å². The zero-order valence-electron chi connectivity index (χ0n) is 10.00. The monoisotopic (exact) mass is 360 g/mol. The highest BCUT2D eigenvalue weighted by atomic mass is 79.9. The van der Waals surface area contributed by atoms with Gasteiger partial charge in [-0.3, -0.25) is 4.79 Å². The second-order valence-electron chi connectivity index (χ2n) is 3.86. The third-order valence-corrected chi connectivity index (χ3v) is 4.18. The van der Waals surface area contributed by atoms with Gasteiger partial charge < -0.3 is 0 Å². The molecule has 0 saturated heterocycles. The minimum absolute atomic E-state index is 0.0122. The first kappa shape index (κ1) is 15.1. The van der Waals surface area contributed by atoms with Gasteiger partial charge in [0.15, 0.2) is 11.6 Å². The van der Waals surface area contributed by atoms with E-state index in [0.29, 0.717) is 0 Å². The van der Waals surface area contributed by atoms with Crippen molar-refractivity contribution in [1.82, 2.24) is 0 Å². The summed E-state index contributed by atoms with van der Waals surface area (Å²) in [5, 5.41) is 0. The number of rotatable bonds is 4. The molecule has 0 bridgehead atoms. The maximum absolute atomic E-state index is 13.7. The molecular weight excluding hydrogens is 353 g/mol. The first-order valence-corrected chi connectivity index (χ1v) is 7.32. The molecule has 0 aliphatic rings. The Bertz CT molecular complexity index is 661. The molecule has 0 atom stereocenters. The minimum Gasteiger partial charge on any atom is -0.293 e. The molecule has 2 aromatic carbocycles. The molecule has 0 unspecified atom stereocenters. The van der Waals surface area contributed by atoms with Gasteiger partial charge in [-0.15, -0.1) is 11.8 Å². The average molecular weight is 361 g/mol. The Morgan fingerprint density at radius 1 is 1.05 bits per heavy atom. The van der Waals surface area contributed by atoms with Gasteiger partial charge in [0.05, 0.1) is 15.8 Å². The van der Waals surface area contributed by atoms with Crippen LogP contribution in [0.4, 0.5) is 13.2 Å². The van der Waals surface area contributed by atoms with Crippen molar-refractivity contribution >= 4 is 33.5 Å². The van der Waals surface area contributed by atoms with E-state index in [-0.39, 0.29) is 15.1 Å². The molecule has 1 nitrogen and oxygen atoms in total. The number of halogens is 4. The molecule has 0 aliphatic heterocycles. The van der Waals surface area contributed by atoms with Crippen molar-refractivity contribution in [3.8, 4) is 0 Å². The predicted molar refractivity (Wildman–Crippen MR) is 75.5 cm³/mol. The van der Waals surface area contributed by atoms with Crippen molar-refractivity contribution in [1.29, 1.82) is 0 Å². The van der Waals surface area contributed by atoms with Crippen molar-refractivity contribution in [3.63, 3.8) is 0 Å². The molecule has 0 N–H and O–H groups in total. The van der Waals surface area contributed by atoms with Crippen LogP contribution in [0.2, 0.25) is 0 Å². The van der Waals surface area contributed by atoms with E-state index in [9.17, 15) is 18.0 Å². The van der Waals surface area contributed by atoms with E-state index < -0.39 is 28.8 Å². The van der Waals surface area contributed by atoms with Gasteiger partial charge in [-0.1, -0.05) is 12.1 Å². The van der Waals surface area contributed by atoms with Gasteiger partial charge in [0.1, 0.15) is 11.6 Å². The Balaban J connectivity index is 2.18. The summed E-state index contributed by atoms with van der Waals surface area (Å²) >= 11 is 3.80. The number of benzene rings is 2. The summed E-state index contributed by atoms with van der Waals surface area (Å²) < 4.78 is 40.6. The van der Waals surface area contributed by atoms with Gasteiger partial charge in [0.25, 0.3) is 0 Å². The van der Waals surface area contributed by atoms with Crippen molar-refractivity contribution in [3.05, 3.63) is 63.9 Å². The van der Waals surface area contributed by atoms with Crippen molar-refractivity contribution in [2.75, 3.05) is 5.75 Å². The fraction of sp³-hybridized carbons (Fsp3) is 0.0714. The summed E-state index contributed by atoms with van der Waals surface area (Å²) in [4.78, 5) is 12.1. The van der Waals surface area contributed by atoms with Gasteiger partial charge in [0, 0.05) is 4.90 Å². The van der Waals surface area contributed by atoms with Crippen LogP contribution >= 0.6 is 27.7 Å². The van der Waals surface area contributed by atoms with Crippen LogP contribution in [0.25, 0.3) is 0 Å². The van der Waals surface area contributed by atoms with Crippen LogP contribution in [0.5, 0.6) is 0 Å². The second kappa shape index (κ2) is 6.45. The van der Waals surface area contributed by atoms with Gasteiger partial charge in [-0.25, -0.2) is 13.2 Å². The Morgan fingerprint density at radius 3 is 2.45 bits per heavy atom. The molecule has 0 radical (unpaired) electrons. The highest BCUT2D eigenvalue weighted by molar-refractivity contribution is 9.10. The molecule has 0 fully saturated rings. The van der Waals surface area contributed by atoms with Gasteiger partial charge in [-0.2, -0.15) is 0 Å². The molecule has 0 amide bonds. The Kier molecular flexibility index (Phi) is 4.88. The maximum Gasteiger partial charge on any atom is 0.179 e. The Morgan fingerprint density at radius 2 is 1.75 bits per heavy atom. The molecule has 2 aromatic rings. The number of thioether (sulfide) groups is 1. The molecule has 104 valence electrons. The smallest absolute Gasteiger partial charge is 0.179 e. The standard InChI is InChI=1S/C14H8BrF3OS/c15-8-5-6-10(17)13(14(8)18)11(19)7-20-12-4-2-1-3-9(12)16/h1-6H,7H2. The summed E-state index contributed by atoms with van der Waals surface area (Å²) in [5.41, 5.74) is -0.608. The maximum atomic E-state index is 13.7. The van der Waals surface area contributed by atoms with Crippen molar-refractivity contribution in [2.24, 2.45) is 0 Å². The number of hydrogen-bond acceptors (Lipinski definition) is 2. The lowest BCUT2D eigenvalue weighted by Gasteiger charge is -2.06. The first-order valence-electron chi connectivity index (χ1n) is 5.54. The largest absolute Gasteiger partial charge is 0.293 e. The average Bonchev–Trinajstić information content (AvgIpc) is 2.42. The fourth-order valence-corrected chi connectivity index (χ4v) is 2.70. The lowest BCUT2D eigenvalue weighted by atomic mass is 10.1. The zero-order valence-corrected chi connectivity index (χ0v) is 12.4. The van der Waals surface area contributed by atoms with Gasteiger partial charge in [0.2, 0.25) is 0 Å². The van der Waals surface area contributed by atoms with E-state index in [4.69, 9.17) is 0 Å². The minimum atomic E-state index is -0.941. The quantitative estimate of drug-likeness (QED) is 0.440. The predicted octanol–water partition coefficient (Wildman–Crippen LogP) is 4.84. The Labute approximate surface area is 126 Å². The summed E-state index contributed by atoms with van der Waals surface area (Å²) in [7, 11) is 0. The third-order valence-electron chi connectivity index (χ3n) is 2.52. The molecule has 0 heterocycles. The van der Waals surface area contributed by atoms with Crippen molar-refractivity contribution in [2.45, 2.75) is 4.90 Å². The normalized spacial score (nSPS) is 10.6. The SMILES string of the molecule is O=C(CSc1ccccc1F)c1c(F)ccc(Br)c1F. The van der Waals surface area contributed by atoms with Crippen LogP contribution in [0.3, 0.4) is 0 Å². The molecule has 0 saturated carbocycles. The zero-order chi connectivity index (χ0) is 14.7. The lowest BCUT2D eigenvalue weighted by molar-refractivity contribution is 0.101. The molecule has 0 spiro atoms. The van der Waals surface area contributed by atoms with Crippen LogP contribution in [-0.4, -0.2) is 11.5 Å². The summed E-state index contributed by atoms with van der Waals surface area (Å²) in [6.45, 7) is 0. The highest BCUT2D eigenvalue weighted by Gasteiger charge is 2.20. The van der Waals surface area contributed by atoms with Crippen LogP contribution in [0.1, 0.15) is 10.4 Å². The number of carbonyl (C=O) groups excluding carboxylic acids is 1. The van der Waals surface area contributed by atoms with Crippen LogP contribution in [-0.2, 0) is 0 Å². The number of carbonyl (C=O) groups is 1. The molecule has 6 heteroatoms. The van der Waals surface area contributed by atoms with Crippen LogP contribution in [0.15, 0.2) is 45.8 Å². The molecular formula is C14H8BrF3OS. The number of hydrogen-bond donors (Lipinski definition) is 0. The van der Waals surface area contributed by atoms with E-state index in [1.54, 1.807) is 6.07 Å². The highest BCUT2D eigenvalue weighted by Crippen LogP contribution is 2.26. The van der Waals surface area contributed by atoms with Gasteiger partial charge >= 0.3 is 0 Å². The van der Waals surface area contributed by atoms with E-state index in [0.717, 1.165) is 17.8 Å². The van der Waals surface area contributed by atoms with E-state index in [1.807, 2.05) is 0 Å². The van der Waals surface area contributed by atoms with Crippen molar-refractivity contribution < 1.29 is 18.0 Å². The fourth-order valence-electron chi connectivity index (χ4n) is 1.56. The summed E-state index contributed by atoms with van der Waals surface area (Å²) in [6, 6.07) is 8.10. The third kappa shape index (κ3) is 3.24. The molecule has 0 aliphatic carbocycles.